The Kier molecular flexibility index (Phi) is 6.16. The third-order valence-corrected chi connectivity index (χ3v) is 5.57. The zero-order valence-electron chi connectivity index (χ0n) is 15.2. The Morgan fingerprint density at radius 2 is 2.07 bits per heavy atom. The van der Waals surface area contributed by atoms with Crippen LogP contribution in [0.25, 0.3) is 10.7 Å². The van der Waals surface area contributed by atoms with E-state index < -0.39 is 5.92 Å². The number of aryl methyl sites for hydroxylation is 1. The summed E-state index contributed by atoms with van der Waals surface area (Å²) in [6.45, 7) is 1.42. The number of rotatable bonds is 7. The van der Waals surface area contributed by atoms with Crippen LogP contribution in [0.4, 0.5) is 14.6 Å². The maximum absolute atomic E-state index is 13.4. The fraction of sp³-hybridized carbons (Fsp3) is 0.526. The maximum Gasteiger partial charge on any atom is 0.248 e. The van der Waals surface area contributed by atoms with Crippen molar-refractivity contribution < 1.29 is 18.7 Å². The van der Waals surface area contributed by atoms with Gasteiger partial charge in [0, 0.05) is 30.7 Å². The highest BCUT2D eigenvalue weighted by atomic mass is 32.1. The van der Waals surface area contributed by atoms with E-state index in [1.807, 2.05) is 12.1 Å². The molecule has 2 N–H and O–H groups in total. The van der Waals surface area contributed by atoms with Crippen molar-refractivity contribution in [1.29, 1.82) is 0 Å². The van der Waals surface area contributed by atoms with Gasteiger partial charge in [0.15, 0.2) is 0 Å². The number of nitrogens with one attached hydrogen (secondary N) is 1. The van der Waals surface area contributed by atoms with Crippen LogP contribution in [0, 0.1) is 0 Å². The van der Waals surface area contributed by atoms with E-state index in [2.05, 4.69) is 15.3 Å². The van der Waals surface area contributed by atoms with Crippen molar-refractivity contribution in [3.05, 3.63) is 28.8 Å². The molecule has 0 amide bonds. The maximum atomic E-state index is 13.4. The van der Waals surface area contributed by atoms with Gasteiger partial charge in [-0.25, -0.2) is 18.7 Å². The number of ketones is 1. The number of halogens is 2. The van der Waals surface area contributed by atoms with Crippen molar-refractivity contribution in [3.8, 4) is 10.7 Å². The Balaban J connectivity index is 1.82. The van der Waals surface area contributed by atoms with Crippen molar-refractivity contribution in [2.75, 3.05) is 5.32 Å². The van der Waals surface area contributed by atoms with Gasteiger partial charge in [0.2, 0.25) is 5.92 Å². The van der Waals surface area contributed by atoms with Crippen molar-refractivity contribution in [3.63, 3.8) is 0 Å². The number of hydrogen-bond donors (Lipinski definition) is 2. The van der Waals surface area contributed by atoms with E-state index in [1.165, 1.54) is 11.3 Å². The first-order valence-corrected chi connectivity index (χ1v) is 9.93. The van der Waals surface area contributed by atoms with Crippen LogP contribution in [0.2, 0.25) is 0 Å². The fourth-order valence-electron chi connectivity index (χ4n) is 3.13. The Bertz CT molecular complexity index is 800. The van der Waals surface area contributed by atoms with E-state index in [-0.39, 0.29) is 31.3 Å². The van der Waals surface area contributed by atoms with E-state index in [0.717, 1.165) is 5.56 Å². The quantitative estimate of drug-likeness (QED) is 0.735. The number of alkyl halides is 2. The summed E-state index contributed by atoms with van der Waals surface area (Å²) in [4.78, 5) is 20.3. The van der Waals surface area contributed by atoms with Crippen molar-refractivity contribution in [2.45, 2.75) is 64.0 Å². The second-order valence-electron chi connectivity index (χ2n) is 7.02. The molecule has 0 unspecified atom stereocenters. The SMILES string of the molecule is CC(=O)CCc1cc(NC2CCC(F)(F)CC2)nc(-c2nc(CO)cs2)c1. The highest BCUT2D eigenvalue weighted by Crippen LogP contribution is 2.34. The molecule has 0 radical (unpaired) electrons. The molecule has 0 atom stereocenters. The van der Waals surface area contributed by atoms with Crippen molar-refractivity contribution in [2.24, 2.45) is 0 Å². The molecule has 2 aromatic rings. The number of Topliss-reactive ketones (excluding diaryl/α,β-unsaturated/α-hetero) is 1. The Morgan fingerprint density at radius 3 is 2.70 bits per heavy atom. The van der Waals surface area contributed by atoms with Crippen molar-refractivity contribution in [1.82, 2.24) is 9.97 Å². The molecule has 1 aliphatic carbocycles. The lowest BCUT2D eigenvalue weighted by atomic mass is 9.92. The lowest BCUT2D eigenvalue weighted by Gasteiger charge is -2.29. The molecule has 1 saturated carbocycles. The Morgan fingerprint density at radius 1 is 1.33 bits per heavy atom. The van der Waals surface area contributed by atoms with E-state index in [4.69, 9.17) is 0 Å². The first kappa shape index (κ1) is 19.8. The van der Waals surface area contributed by atoms with Crippen LogP contribution in [0.3, 0.4) is 0 Å². The van der Waals surface area contributed by atoms with E-state index in [1.54, 1.807) is 12.3 Å². The van der Waals surface area contributed by atoms with Gasteiger partial charge in [-0.05, 0) is 43.9 Å². The van der Waals surface area contributed by atoms with Crippen LogP contribution < -0.4 is 5.32 Å². The predicted molar refractivity (Wildman–Crippen MR) is 101 cm³/mol. The summed E-state index contributed by atoms with van der Waals surface area (Å²) in [5, 5.41) is 15.0. The predicted octanol–water partition coefficient (Wildman–Crippen LogP) is 4.21. The molecule has 2 aromatic heterocycles. The van der Waals surface area contributed by atoms with Gasteiger partial charge in [-0.15, -0.1) is 11.3 Å². The van der Waals surface area contributed by atoms with Gasteiger partial charge in [-0.2, -0.15) is 0 Å². The van der Waals surface area contributed by atoms with E-state index in [0.29, 0.717) is 47.9 Å². The molecular formula is C19H23F2N3O2S. The van der Waals surface area contributed by atoms with Gasteiger partial charge < -0.3 is 15.2 Å². The standard InChI is InChI=1S/C19H23F2N3O2S/c1-12(26)2-3-13-8-16(18-23-15(10-25)11-27-18)24-17(9-13)22-14-4-6-19(20,21)7-5-14/h8-9,11,14,25H,2-7,10H2,1H3,(H,22,24). The van der Waals surface area contributed by atoms with Crippen LogP contribution in [-0.2, 0) is 17.8 Å². The number of carbonyl (C=O) groups is 1. The molecule has 5 nitrogen and oxygen atoms in total. The van der Waals surface area contributed by atoms with Gasteiger partial charge in [-0.3, -0.25) is 0 Å². The lowest BCUT2D eigenvalue weighted by Crippen LogP contribution is -2.32. The molecule has 3 rings (SSSR count). The molecule has 146 valence electrons. The summed E-state index contributed by atoms with van der Waals surface area (Å²) in [5.41, 5.74) is 2.18. The van der Waals surface area contributed by atoms with Crippen LogP contribution in [0.15, 0.2) is 17.5 Å². The van der Waals surface area contributed by atoms with Gasteiger partial charge in [0.25, 0.3) is 0 Å². The summed E-state index contributed by atoms with van der Waals surface area (Å²) in [7, 11) is 0. The molecular weight excluding hydrogens is 372 g/mol. The number of nitrogens with zero attached hydrogens (tertiary/aromatic N) is 2. The summed E-state index contributed by atoms with van der Waals surface area (Å²) < 4.78 is 26.8. The van der Waals surface area contributed by atoms with E-state index >= 15 is 0 Å². The molecule has 0 spiro atoms. The summed E-state index contributed by atoms with van der Waals surface area (Å²) >= 11 is 1.39. The van der Waals surface area contributed by atoms with Crippen LogP contribution in [-0.4, -0.2) is 32.8 Å². The molecule has 8 heteroatoms. The minimum absolute atomic E-state index is 0.0441. The number of thiazole rings is 1. The van der Waals surface area contributed by atoms with Crippen LogP contribution in [0.1, 0.15) is 50.3 Å². The molecule has 1 fully saturated rings. The Labute approximate surface area is 160 Å². The second kappa shape index (κ2) is 8.39. The van der Waals surface area contributed by atoms with Crippen LogP contribution >= 0.6 is 11.3 Å². The molecule has 0 aromatic carbocycles. The summed E-state index contributed by atoms with van der Waals surface area (Å²) in [6, 6.07) is 3.72. The molecule has 0 aliphatic heterocycles. The van der Waals surface area contributed by atoms with Gasteiger partial charge in [-0.1, -0.05) is 0 Å². The van der Waals surface area contributed by atoms with Gasteiger partial charge in [0.05, 0.1) is 12.3 Å². The first-order valence-electron chi connectivity index (χ1n) is 9.05. The number of aliphatic hydroxyl groups excluding tert-OH is 1. The van der Waals surface area contributed by atoms with Crippen molar-refractivity contribution >= 4 is 22.9 Å². The largest absolute Gasteiger partial charge is 0.390 e. The number of carbonyl (C=O) groups excluding carboxylic acids is 1. The number of aliphatic hydroxyl groups is 1. The van der Waals surface area contributed by atoms with Crippen LogP contribution in [0.5, 0.6) is 0 Å². The van der Waals surface area contributed by atoms with E-state index in [9.17, 15) is 18.7 Å². The zero-order valence-corrected chi connectivity index (χ0v) is 16.0. The molecule has 1 aliphatic rings. The molecule has 27 heavy (non-hydrogen) atoms. The zero-order chi connectivity index (χ0) is 19.4. The minimum Gasteiger partial charge on any atom is -0.390 e. The number of hydrogen-bond acceptors (Lipinski definition) is 6. The molecule has 0 bridgehead atoms. The summed E-state index contributed by atoms with van der Waals surface area (Å²) in [6.07, 6.45) is 1.57. The topological polar surface area (TPSA) is 75.1 Å². The highest BCUT2D eigenvalue weighted by Gasteiger charge is 2.35. The van der Waals surface area contributed by atoms with Gasteiger partial charge in [0.1, 0.15) is 22.3 Å². The third kappa shape index (κ3) is 5.52. The number of pyridine rings is 1. The second-order valence-corrected chi connectivity index (χ2v) is 7.88. The first-order chi connectivity index (χ1) is 12.8. The average Bonchev–Trinajstić information content (AvgIpc) is 3.11. The molecule has 2 heterocycles. The number of anilines is 1. The third-order valence-electron chi connectivity index (χ3n) is 4.65. The fourth-order valence-corrected chi connectivity index (χ4v) is 3.90. The number of aromatic nitrogens is 2. The Hall–Kier alpha value is -1.93. The minimum atomic E-state index is -2.57. The summed E-state index contributed by atoms with van der Waals surface area (Å²) in [5.74, 6) is -1.85. The van der Waals surface area contributed by atoms with Gasteiger partial charge >= 0.3 is 0 Å². The normalized spacial score (nSPS) is 17.0. The molecule has 0 saturated heterocycles. The highest BCUT2D eigenvalue weighted by molar-refractivity contribution is 7.13. The average molecular weight is 395 g/mol. The smallest absolute Gasteiger partial charge is 0.248 e. The lowest BCUT2D eigenvalue weighted by molar-refractivity contribution is -0.116. The monoisotopic (exact) mass is 395 g/mol.